The second-order valence-electron chi connectivity index (χ2n) is 34.9. The van der Waals surface area contributed by atoms with E-state index in [1.807, 2.05) is 121 Å². The van der Waals surface area contributed by atoms with Crippen LogP contribution in [-0.2, 0) is 45.7 Å². The Hall–Kier alpha value is -13.5. The van der Waals surface area contributed by atoms with Gasteiger partial charge < -0.3 is 85.2 Å². The fourth-order valence-electron chi connectivity index (χ4n) is 19.7. The predicted molar refractivity (Wildman–Crippen MR) is 486 cm³/mol. The highest BCUT2D eigenvalue weighted by Crippen LogP contribution is 2.53. The molecule has 0 aliphatic carbocycles. The Morgan fingerprint density at radius 1 is 0.449 bits per heavy atom. The maximum atomic E-state index is 13.8. The van der Waals surface area contributed by atoms with Gasteiger partial charge in [-0.25, -0.2) is 4.98 Å². The minimum absolute atomic E-state index is 0.00283. The molecule has 0 N–H and O–H groups in total. The number of ether oxygens (including phenoxy) is 10. The lowest BCUT2D eigenvalue weighted by Gasteiger charge is -2.45. The van der Waals surface area contributed by atoms with Crippen LogP contribution in [0.15, 0.2) is 231 Å². The summed E-state index contributed by atoms with van der Waals surface area (Å²) in [6, 6.07) is 58.5. The highest BCUT2D eigenvalue weighted by molar-refractivity contribution is 6.30. The van der Waals surface area contributed by atoms with Crippen molar-refractivity contribution >= 4 is 35.2 Å². The third kappa shape index (κ3) is 18.1. The normalized spacial score (nSPS) is 17.7. The molecule has 12 aromatic rings. The van der Waals surface area contributed by atoms with E-state index in [0.29, 0.717) is 148 Å². The van der Waals surface area contributed by atoms with Gasteiger partial charge in [-0.1, -0.05) is 54.9 Å². The zero-order chi connectivity index (χ0) is 95.2. The number of methoxy groups -OCH3 is 2. The van der Waals surface area contributed by atoms with E-state index < -0.39 is 69.6 Å². The number of rotatable bonds is 14. The Kier molecular flexibility index (Phi) is 25.7. The third-order valence-corrected chi connectivity index (χ3v) is 27.1. The maximum Gasteiger partial charge on any atom is 0.431 e. The summed E-state index contributed by atoms with van der Waals surface area (Å²) in [7, 11) is 2.88. The molecule has 21 rings (SSSR count). The lowest BCUT2D eigenvalue weighted by Crippen LogP contribution is -2.50. The van der Waals surface area contributed by atoms with E-state index in [1.54, 1.807) is 84.6 Å². The third-order valence-electron chi connectivity index (χ3n) is 26.8. The minimum atomic E-state index is -4.67. The Labute approximate surface area is 783 Å². The van der Waals surface area contributed by atoms with Crippen molar-refractivity contribution in [1.82, 2.24) is 42.9 Å². The van der Waals surface area contributed by atoms with E-state index in [1.165, 1.54) is 46.9 Å². The van der Waals surface area contributed by atoms with Gasteiger partial charge in [-0.05, 0) is 197 Å². The van der Waals surface area contributed by atoms with Gasteiger partial charge >= 0.3 is 18.5 Å². The number of nitrogens with zero attached hydrogens (tertiary/aromatic N) is 9. The summed E-state index contributed by atoms with van der Waals surface area (Å²) in [5.74, 6) is 2.67. The molecular formula is C103H99ClF9N9O14. The van der Waals surface area contributed by atoms with Crippen LogP contribution in [0, 0.1) is 0 Å². The molecule has 5 fully saturated rings. The van der Waals surface area contributed by atoms with Gasteiger partial charge in [0.1, 0.15) is 52.4 Å². The summed E-state index contributed by atoms with van der Waals surface area (Å²) in [4.78, 5) is 63.6. The van der Waals surface area contributed by atoms with E-state index in [9.17, 15) is 58.7 Å². The summed E-state index contributed by atoms with van der Waals surface area (Å²) >= 11 is 6.17. The number of halogens is 10. The first-order valence-corrected chi connectivity index (χ1v) is 45.8. The van der Waals surface area contributed by atoms with Gasteiger partial charge in [0.25, 0.3) is 23.6 Å². The molecule has 1 unspecified atom stereocenters. The summed E-state index contributed by atoms with van der Waals surface area (Å²) < 4.78 is 190. The largest absolute Gasteiger partial charge is 0.497 e. The van der Waals surface area contributed by atoms with Crippen LogP contribution in [0.4, 0.5) is 39.5 Å². The van der Waals surface area contributed by atoms with Crippen molar-refractivity contribution < 1.29 is 106 Å². The van der Waals surface area contributed by atoms with Crippen LogP contribution in [0.25, 0.3) is 22.7 Å². The number of pyridine rings is 1. The van der Waals surface area contributed by atoms with Crippen molar-refractivity contribution in [3.63, 3.8) is 0 Å². The molecule has 136 heavy (non-hydrogen) atoms. The number of carbonyl (C=O) groups excluding carboxylic acids is 4. The molecule has 0 radical (unpaired) electrons. The van der Waals surface area contributed by atoms with Gasteiger partial charge in [0.05, 0.1) is 95.3 Å². The van der Waals surface area contributed by atoms with Gasteiger partial charge in [0, 0.05) is 157 Å². The molecule has 9 aliphatic rings. The smallest absolute Gasteiger partial charge is 0.431 e. The number of benzene rings is 7. The summed E-state index contributed by atoms with van der Waals surface area (Å²) in [6.07, 6.45) is 0.333. The Morgan fingerprint density at radius 2 is 0.926 bits per heavy atom. The molecule has 4 amide bonds. The number of hydrogen-bond donors (Lipinski definition) is 0. The number of piperidine rings is 4. The topological polar surface area (TPSA) is 206 Å². The lowest BCUT2D eigenvalue weighted by molar-refractivity contribution is -0.143. The van der Waals surface area contributed by atoms with Gasteiger partial charge in [-0.2, -0.15) is 39.5 Å². The fraction of sp³-hybridized carbons (Fsp3) is 0.350. The van der Waals surface area contributed by atoms with Crippen LogP contribution >= 0.6 is 11.6 Å². The summed E-state index contributed by atoms with van der Waals surface area (Å²) in [5, 5.41) is 0.548. The highest BCUT2D eigenvalue weighted by Gasteiger charge is 2.52. The number of aromatic nitrogens is 5. The van der Waals surface area contributed by atoms with Crippen molar-refractivity contribution in [3.8, 4) is 74.6 Å². The molecule has 2 atom stereocenters. The first kappa shape index (κ1) is 92.9. The first-order chi connectivity index (χ1) is 65.4. The van der Waals surface area contributed by atoms with Gasteiger partial charge in [0.15, 0.2) is 33.9 Å². The Bertz CT molecular complexity index is 6420. The molecule has 14 heterocycles. The van der Waals surface area contributed by atoms with Crippen molar-refractivity contribution in [3.05, 3.63) is 298 Å². The zero-order valence-corrected chi connectivity index (χ0v) is 75.9. The number of para-hydroxylation sites is 6. The molecule has 0 saturated carbocycles. The standard InChI is InChI=1S/C28H30N2O5.C27H27F3N2O3.C24H20ClF3N2O3.C24H22F3N3O3/c1-32-25-18-20(10-11-24(25)34-19-21-6-5-17-33-21)27(31)29-15-12-28(13-16-29)26-9-4-14-30(26)22-7-2-3-8-23(22)35-28;1-3-18(2)34-22-11-10-19(17-20(22)27(28,29)30)25(33)31-15-12-26(13-16-31)24-9-6-14-32(24)21-7-4-5-8-23(21)35-26;1-32-16-5-6-17(18(14-16)24(26,27)28)22(31)29-11-8-23(9-12-29)21-3-2-10-30(21)19-7-4-15(25)13-20(19)33-23;1-2-32-21-16(6-5-13-28-21)22(31)29-14-11-23(12-15-29)19-9-10-20(24(25,26)27)30(19)17-7-3-4-8-18(17)33-23/h2-4,7-11,14,18,21H,5-6,12-13,15-17,19H2,1H3;4-11,14,17-18H,3,12-13,15-16H2,1-2H3;2-7,10,13-14H,8-9,11-12H2,1H3;3-10,13H,2,11-12,14-15H2,1H3/t;18-;;/m.1../s1. The molecule has 4 spiro atoms. The second-order valence-corrected chi connectivity index (χ2v) is 35.3. The van der Waals surface area contributed by atoms with Crippen LogP contribution in [0.2, 0.25) is 5.02 Å². The maximum absolute atomic E-state index is 13.8. The van der Waals surface area contributed by atoms with E-state index in [2.05, 4.69) is 38.5 Å². The lowest BCUT2D eigenvalue weighted by atomic mass is 9.86. The van der Waals surface area contributed by atoms with E-state index in [-0.39, 0.29) is 65.6 Å². The number of amides is 4. The SMILES string of the molecule is CCOc1ncccc1C(=O)N1CCC2(CC1)Oc1ccccc1-n1c(C(F)(F)F)ccc12.CC[C@@H](C)Oc1ccc(C(=O)N2CCC3(CC2)Oc2ccccc2-n2cccc23)cc1C(F)(F)F.COc1cc(C(=O)N2CCC3(CC2)Oc2ccccc2-n2cccc23)ccc1OCC1CCCO1.COc1ccc(C(=O)N2CCC3(CC2)Oc2cc(Cl)ccc2-n2cccc23)c(C(F)(F)F)c1. The van der Waals surface area contributed by atoms with Gasteiger partial charge in [-0.15, -0.1) is 0 Å². The molecule has 7 aromatic carbocycles. The quantitative estimate of drug-likeness (QED) is 0.0928. The Morgan fingerprint density at radius 3 is 1.42 bits per heavy atom. The molecule has 5 saturated heterocycles. The Balaban J connectivity index is 0.000000121. The summed E-state index contributed by atoms with van der Waals surface area (Å²) in [6.45, 7) is 10.2. The van der Waals surface area contributed by atoms with Crippen molar-refractivity contribution in [2.24, 2.45) is 0 Å². The van der Waals surface area contributed by atoms with E-state index in [4.69, 9.17) is 59.0 Å². The molecule has 23 nitrogen and oxygen atoms in total. The summed E-state index contributed by atoms with van der Waals surface area (Å²) in [5.41, 5.74) is 2.12. The highest BCUT2D eigenvalue weighted by atomic mass is 35.5. The second kappa shape index (κ2) is 37.6. The number of alkyl halides is 9. The van der Waals surface area contributed by atoms with Crippen LogP contribution in [0.3, 0.4) is 0 Å². The van der Waals surface area contributed by atoms with Crippen LogP contribution in [0.1, 0.15) is 172 Å². The van der Waals surface area contributed by atoms with E-state index in [0.717, 1.165) is 96.1 Å². The molecule has 33 heteroatoms. The van der Waals surface area contributed by atoms with Crippen LogP contribution in [-0.4, -0.2) is 165 Å². The average molecular weight is 1890 g/mol. The zero-order valence-electron chi connectivity index (χ0n) is 75.2. The monoisotopic (exact) mass is 1890 g/mol. The number of likely N-dealkylation sites (tertiary alicyclic amines) is 4. The van der Waals surface area contributed by atoms with E-state index >= 15 is 0 Å². The van der Waals surface area contributed by atoms with Crippen LogP contribution in [0.5, 0.6) is 51.9 Å². The molecule has 710 valence electrons. The molecular weight excluding hydrogens is 1790 g/mol. The molecule has 9 aliphatic heterocycles. The van der Waals surface area contributed by atoms with Gasteiger partial charge in [0.2, 0.25) is 5.88 Å². The number of fused-ring (bicyclic) bond motifs is 16. The van der Waals surface area contributed by atoms with Crippen molar-refractivity contribution in [2.45, 2.75) is 145 Å². The predicted octanol–water partition coefficient (Wildman–Crippen LogP) is 21.3. The molecule has 0 bridgehead atoms. The van der Waals surface area contributed by atoms with Crippen molar-refractivity contribution in [2.75, 3.05) is 86.4 Å². The van der Waals surface area contributed by atoms with Crippen molar-refractivity contribution in [1.29, 1.82) is 0 Å². The van der Waals surface area contributed by atoms with Gasteiger partial charge in [-0.3, -0.25) is 19.2 Å². The minimum Gasteiger partial charge on any atom is -0.497 e. The number of carbonyl (C=O) groups is 4. The number of hydrogen-bond acceptors (Lipinski definition) is 15. The van der Waals surface area contributed by atoms with Crippen LogP contribution < -0.4 is 42.6 Å². The first-order valence-electron chi connectivity index (χ1n) is 45.4. The molecule has 5 aromatic heterocycles. The average Bonchev–Trinajstić information content (AvgIpc) is 1.52. The fourth-order valence-corrected chi connectivity index (χ4v) is 19.8.